The van der Waals surface area contributed by atoms with Gasteiger partial charge in [0, 0.05) is 41.2 Å². The van der Waals surface area contributed by atoms with Gasteiger partial charge < -0.3 is 39.7 Å². The molecule has 3 aliphatic rings. The van der Waals surface area contributed by atoms with Gasteiger partial charge in [-0.3, -0.25) is 14.4 Å². The Morgan fingerprint density at radius 2 is 1.57 bits per heavy atom. The van der Waals surface area contributed by atoms with Crippen molar-refractivity contribution in [1.82, 2.24) is 0 Å². The zero-order valence-electron chi connectivity index (χ0n) is 29.2. The van der Waals surface area contributed by atoms with Crippen LogP contribution >= 0.6 is 0 Å². The molecule has 4 aromatic carbocycles. The van der Waals surface area contributed by atoms with Crippen LogP contribution in [0.15, 0.2) is 72.8 Å². The lowest BCUT2D eigenvalue weighted by atomic mass is 9.79. The predicted octanol–water partition coefficient (Wildman–Crippen LogP) is 4.82. The highest BCUT2D eigenvalue weighted by Crippen LogP contribution is 2.45. The first-order chi connectivity index (χ1) is 25.4. The lowest BCUT2D eigenvalue weighted by Gasteiger charge is -2.39. The minimum absolute atomic E-state index is 0.0107. The number of hydrogen-bond acceptors (Lipinski definition) is 11. The highest BCUT2D eigenvalue weighted by molar-refractivity contribution is 6.31. The van der Waals surface area contributed by atoms with Crippen LogP contribution in [0.2, 0.25) is 0 Å². The maximum atomic E-state index is 14.6. The highest BCUT2D eigenvalue weighted by Gasteiger charge is 2.44. The number of esters is 1. The second-order valence-corrected chi connectivity index (χ2v) is 13.9. The van der Waals surface area contributed by atoms with E-state index in [1.807, 2.05) is 42.5 Å². The lowest BCUT2D eigenvalue weighted by molar-refractivity contribution is -0.268. The minimum atomic E-state index is -1.72. The summed E-state index contributed by atoms with van der Waals surface area (Å²) >= 11 is 0. The first kappa shape index (κ1) is 36.2. The molecule has 0 aromatic heterocycles. The molecule has 5 unspecified atom stereocenters. The minimum Gasteiger partial charge on any atom is -0.507 e. The number of rotatable bonds is 8. The molecule has 4 aromatic rings. The Labute approximate surface area is 305 Å². The molecule has 2 aliphatic carbocycles. The van der Waals surface area contributed by atoms with Gasteiger partial charge in [0.15, 0.2) is 11.6 Å². The summed E-state index contributed by atoms with van der Waals surface area (Å²) in [5.74, 6) is -2.55. The van der Waals surface area contributed by atoms with Crippen LogP contribution in [0, 0.1) is 0 Å². The molecule has 7 rings (SSSR count). The fraction of sp³-hybridized carbons (Fsp3) is 0.310. The summed E-state index contributed by atoms with van der Waals surface area (Å²) < 4.78 is 17.3. The van der Waals surface area contributed by atoms with Gasteiger partial charge in [-0.2, -0.15) is 0 Å². The van der Waals surface area contributed by atoms with Crippen molar-refractivity contribution in [2.24, 2.45) is 0 Å². The molecule has 1 heterocycles. The average Bonchev–Trinajstić information content (AvgIpc) is 3.60. The molecule has 2 fully saturated rings. The van der Waals surface area contributed by atoms with Gasteiger partial charge in [0.1, 0.15) is 35.6 Å². The summed E-state index contributed by atoms with van der Waals surface area (Å²) in [6.07, 6.45) is -0.982. The van der Waals surface area contributed by atoms with Gasteiger partial charge in [0.2, 0.25) is 6.29 Å². The lowest BCUT2D eigenvalue weighted by Crippen LogP contribution is -2.58. The first-order valence-corrected chi connectivity index (χ1v) is 17.6. The van der Waals surface area contributed by atoms with E-state index in [9.17, 15) is 39.9 Å². The van der Waals surface area contributed by atoms with Crippen molar-refractivity contribution < 1.29 is 54.1 Å². The van der Waals surface area contributed by atoms with E-state index in [4.69, 9.17) is 14.2 Å². The Morgan fingerprint density at radius 3 is 2.28 bits per heavy atom. The Hall–Kier alpha value is -5.17. The average molecular weight is 721 g/mol. The largest absolute Gasteiger partial charge is 0.507 e. The molecule has 1 aliphatic heterocycles. The van der Waals surface area contributed by atoms with Gasteiger partial charge in [0.05, 0.1) is 17.3 Å². The van der Waals surface area contributed by atoms with Crippen molar-refractivity contribution >= 4 is 29.7 Å². The van der Waals surface area contributed by atoms with E-state index < -0.39 is 59.6 Å². The summed E-state index contributed by atoms with van der Waals surface area (Å²) in [5.41, 5.74) is 0.893. The third kappa shape index (κ3) is 6.78. The Bertz CT molecular complexity index is 2120. The fourth-order valence-electron chi connectivity index (χ4n) is 7.49. The maximum Gasteiger partial charge on any atom is 0.308 e. The second kappa shape index (κ2) is 14.3. The Morgan fingerprint density at radius 1 is 0.849 bits per heavy atom. The van der Waals surface area contributed by atoms with Gasteiger partial charge in [-0.25, -0.2) is 0 Å². The number of carbonyl (C=O) groups is 3. The molecule has 5 atom stereocenters. The van der Waals surface area contributed by atoms with Crippen molar-refractivity contribution in [2.75, 3.05) is 0 Å². The van der Waals surface area contributed by atoms with E-state index in [0.29, 0.717) is 24.0 Å². The van der Waals surface area contributed by atoms with Crippen LogP contribution in [0.3, 0.4) is 0 Å². The van der Waals surface area contributed by atoms with Crippen molar-refractivity contribution in [3.63, 3.8) is 0 Å². The molecule has 11 heteroatoms. The van der Waals surface area contributed by atoms with Crippen molar-refractivity contribution in [1.29, 1.82) is 0 Å². The SMILES string of the molecule is CC(=O)Oc1ccc2c(c1C=Cc1ccccc1)C(=O)c1cc(OC3OC(C)C(O)C(O)C3O)c(Cc3cccc(C4(O)CCCC4)c3)c(O)c1C2=O. The van der Waals surface area contributed by atoms with Crippen molar-refractivity contribution in [2.45, 2.75) is 82.3 Å². The summed E-state index contributed by atoms with van der Waals surface area (Å²) in [6, 6.07) is 20.6. The van der Waals surface area contributed by atoms with Crippen molar-refractivity contribution in [3.8, 4) is 17.2 Å². The molecule has 53 heavy (non-hydrogen) atoms. The van der Waals surface area contributed by atoms with E-state index in [-0.39, 0.29) is 51.3 Å². The third-order valence-electron chi connectivity index (χ3n) is 10.3. The summed E-state index contributed by atoms with van der Waals surface area (Å²) in [7, 11) is 0. The number of hydrogen-bond donors (Lipinski definition) is 5. The number of phenolic OH excluding ortho intramolecular Hbond substituents is 1. The van der Waals surface area contributed by atoms with Crippen LogP contribution < -0.4 is 9.47 Å². The van der Waals surface area contributed by atoms with Crippen LogP contribution in [0.4, 0.5) is 0 Å². The number of aromatic hydroxyl groups is 1. The molecule has 5 N–H and O–H groups in total. The van der Waals surface area contributed by atoms with E-state index in [0.717, 1.165) is 18.4 Å². The quantitative estimate of drug-likeness (QED) is 0.0843. The number of aliphatic hydroxyl groups is 4. The zero-order chi connectivity index (χ0) is 37.6. The number of carbonyl (C=O) groups excluding carboxylic acids is 3. The molecule has 274 valence electrons. The molecule has 0 radical (unpaired) electrons. The Kier molecular flexibility index (Phi) is 9.79. The number of fused-ring (bicyclic) bond motifs is 2. The molecular weight excluding hydrogens is 680 g/mol. The van der Waals surface area contributed by atoms with E-state index in [2.05, 4.69) is 0 Å². The standard InChI is InChI=1S/C42H40O11/c1-22-35(44)39(48)40(49)41(51-22)53-32-21-30-34(37(46)29(32)20-25-11-8-12-26(19-25)42(50)17-6-7-18-42)36(45)28-15-16-31(52-23(2)43)27(33(28)38(30)47)14-13-24-9-4-3-5-10-24/h3-5,8-16,19,21-22,35,39-41,44,46,48-50H,6-7,17-18,20H2,1-2H3. The third-order valence-corrected chi connectivity index (χ3v) is 10.3. The topological polar surface area (TPSA) is 180 Å². The molecule has 0 amide bonds. The van der Waals surface area contributed by atoms with Crippen LogP contribution in [0.1, 0.15) is 99.2 Å². The van der Waals surface area contributed by atoms with Crippen molar-refractivity contribution in [3.05, 3.63) is 123 Å². The molecule has 11 nitrogen and oxygen atoms in total. The van der Waals surface area contributed by atoms with E-state index >= 15 is 0 Å². The summed E-state index contributed by atoms with van der Waals surface area (Å²) in [5, 5.41) is 55.0. The van der Waals surface area contributed by atoms with Crippen LogP contribution in [0.25, 0.3) is 12.2 Å². The summed E-state index contributed by atoms with van der Waals surface area (Å²) in [4.78, 5) is 41.0. The predicted molar refractivity (Wildman–Crippen MR) is 193 cm³/mol. The molecule has 1 saturated heterocycles. The normalized spacial score (nSPS) is 23.5. The number of aliphatic hydroxyl groups excluding tert-OH is 3. The smallest absolute Gasteiger partial charge is 0.308 e. The Balaban J connectivity index is 1.37. The highest BCUT2D eigenvalue weighted by atomic mass is 16.7. The molecular formula is C42H40O11. The molecule has 0 bridgehead atoms. The number of phenols is 1. The van der Waals surface area contributed by atoms with Crippen LogP contribution in [0.5, 0.6) is 17.2 Å². The molecule has 1 saturated carbocycles. The van der Waals surface area contributed by atoms with E-state index in [1.54, 1.807) is 24.3 Å². The fourth-order valence-corrected chi connectivity index (χ4v) is 7.49. The maximum absolute atomic E-state index is 14.6. The van der Waals surface area contributed by atoms with Crippen LogP contribution in [-0.4, -0.2) is 73.8 Å². The van der Waals surface area contributed by atoms with Gasteiger partial charge in [-0.15, -0.1) is 0 Å². The second-order valence-electron chi connectivity index (χ2n) is 13.9. The summed E-state index contributed by atoms with van der Waals surface area (Å²) in [6.45, 7) is 2.71. The number of ether oxygens (including phenoxy) is 3. The van der Waals surface area contributed by atoms with Gasteiger partial charge >= 0.3 is 5.97 Å². The van der Waals surface area contributed by atoms with Gasteiger partial charge in [-0.05, 0) is 60.7 Å². The first-order valence-electron chi connectivity index (χ1n) is 17.6. The van der Waals surface area contributed by atoms with Gasteiger partial charge in [0.25, 0.3) is 0 Å². The van der Waals surface area contributed by atoms with Gasteiger partial charge in [-0.1, -0.05) is 73.5 Å². The zero-order valence-corrected chi connectivity index (χ0v) is 29.2. The monoisotopic (exact) mass is 720 g/mol. The molecule has 0 spiro atoms. The van der Waals surface area contributed by atoms with E-state index in [1.165, 1.54) is 32.0 Å². The van der Waals surface area contributed by atoms with Crippen LogP contribution in [-0.2, 0) is 21.6 Å². The number of ketones is 2. The number of benzene rings is 4.